The predicted octanol–water partition coefficient (Wildman–Crippen LogP) is 1.26. The van der Waals surface area contributed by atoms with Gasteiger partial charge in [0.1, 0.15) is 0 Å². The molecule has 3 heteroatoms. The molecule has 5 heterocycles. The number of aromatic nitrogens is 1. The molecule has 0 aromatic carbocycles. The summed E-state index contributed by atoms with van der Waals surface area (Å²) in [7, 11) is 2.20. The molecule has 0 spiro atoms. The highest BCUT2D eigenvalue weighted by Gasteiger charge is 2.55. The maximum atomic E-state index is 2.69. The molecule has 1 aromatic rings. The number of piperidine rings is 2. The zero-order valence-corrected chi connectivity index (χ0v) is 10.8. The predicted molar refractivity (Wildman–Crippen MR) is 67.8 cm³/mol. The molecule has 0 radical (unpaired) electrons. The fraction of sp³-hybridized carbons (Fsp3) is 0.714. The molecule has 1 aromatic heterocycles. The van der Waals surface area contributed by atoms with Crippen LogP contribution >= 0.6 is 0 Å². The van der Waals surface area contributed by atoms with Gasteiger partial charge in [0.05, 0.1) is 6.67 Å². The Labute approximate surface area is 103 Å². The molecule has 4 saturated heterocycles. The van der Waals surface area contributed by atoms with E-state index in [9.17, 15) is 0 Å². The van der Waals surface area contributed by atoms with Crippen LogP contribution in [0.25, 0.3) is 0 Å². The van der Waals surface area contributed by atoms with E-state index in [4.69, 9.17) is 0 Å². The minimum Gasteiger partial charge on any atom is -0.354 e. The van der Waals surface area contributed by atoms with E-state index in [0.29, 0.717) is 11.5 Å². The molecule has 0 N–H and O–H groups in total. The fourth-order valence-electron chi connectivity index (χ4n) is 4.66. The fourth-order valence-corrected chi connectivity index (χ4v) is 4.66. The molecule has 17 heavy (non-hydrogen) atoms. The van der Waals surface area contributed by atoms with E-state index in [-0.39, 0.29) is 0 Å². The summed E-state index contributed by atoms with van der Waals surface area (Å²) in [6.07, 6.45) is 3.59. The molecule has 4 aliphatic rings. The Morgan fingerprint density at radius 3 is 2.94 bits per heavy atom. The lowest BCUT2D eigenvalue weighted by molar-refractivity contribution is -0.122. The third-order valence-corrected chi connectivity index (χ3v) is 5.35. The first kappa shape index (κ1) is 10.2. The van der Waals surface area contributed by atoms with Gasteiger partial charge in [0, 0.05) is 50.0 Å². The summed E-state index contributed by atoms with van der Waals surface area (Å²) in [4.78, 5) is 5.35. The van der Waals surface area contributed by atoms with Gasteiger partial charge in [0.25, 0.3) is 0 Å². The average molecular weight is 231 g/mol. The zero-order chi connectivity index (χ0) is 11.6. The monoisotopic (exact) mass is 231 g/mol. The summed E-state index contributed by atoms with van der Waals surface area (Å²) in [6, 6.07) is 5.24. The molecular formula is C14H21N3. The van der Waals surface area contributed by atoms with Gasteiger partial charge in [0.15, 0.2) is 0 Å². The second-order valence-electron chi connectivity index (χ2n) is 6.33. The maximum absolute atomic E-state index is 2.69. The summed E-state index contributed by atoms with van der Waals surface area (Å²) in [6.45, 7) is 7.55. The molecule has 4 fully saturated rings. The first-order valence-electron chi connectivity index (χ1n) is 6.77. The number of nitrogens with zero attached hydrogens (tertiary/aromatic N) is 3. The Balaban J connectivity index is 1.84. The van der Waals surface area contributed by atoms with E-state index in [1.54, 1.807) is 5.69 Å². The van der Waals surface area contributed by atoms with Crippen LogP contribution in [-0.4, -0.2) is 46.7 Å². The Morgan fingerprint density at radius 1 is 1.35 bits per heavy atom. The molecule has 0 amide bonds. The highest BCUT2D eigenvalue weighted by Crippen LogP contribution is 2.48. The van der Waals surface area contributed by atoms with Crippen LogP contribution in [0.15, 0.2) is 18.3 Å². The Bertz CT molecular complexity index is 436. The molecule has 3 nitrogen and oxygen atoms in total. The van der Waals surface area contributed by atoms with Crippen molar-refractivity contribution < 1.29 is 0 Å². The van der Waals surface area contributed by atoms with Crippen LogP contribution in [0, 0.1) is 5.92 Å². The standard InChI is InChI=1S/C14H21N3/c1-11-14(13-4-3-5-15(13)2)6-12-7-16(9-14)10-17(11)8-12/h3-5,11-12H,6-10H2,1-2H3/t11-,12?,14?/m1/s1. The van der Waals surface area contributed by atoms with E-state index in [1.165, 1.54) is 32.7 Å². The SMILES string of the molecule is C[C@H]1N2CC3CN(C2)CC1(c1cccn1C)C3. The molecule has 4 unspecified atom stereocenters. The molecule has 5 rings (SSSR count). The first-order chi connectivity index (χ1) is 8.19. The normalized spacial score (nSPS) is 47.6. The summed E-state index contributed by atoms with van der Waals surface area (Å²) in [5.41, 5.74) is 1.93. The van der Waals surface area contributed by atoms with Crippen LogP contribution in [0.1, 0.15) is 19.0 Å². The van der Waals surface area contributed by atoms with Crippen LogP contribution in [-0.2, 0) is 12.5 Å². The number of hydrogen-bond acceptors (Lipinski definition) is 2. The smallest absolute Gasteiger partial charge is 0.0509 e. The second-order valence-corrected chi connectivity index (χ2v) is 6.33. The van der Waals surface area contributed by atoms with E-state index in [2.05, 4.69) is 46.7 Å². The minimum atomic E-state index is 0.387. The third kappa shape index (κ3) is 1.19. The lowest BCUT2D eigenvalue weighted by atomic mass is 9.64. The van der Waals surface area contributed by atoms with E-state index < -0.39 is 0 Å². The van der Waals surface area contributed by atoms with E-state index in [1.807, 2.05) is 0 Å². The van der Waals surface area contributed by atoms with Crippen molar-refractivity contribution >= 4 is 0 Å². The van der Waals surface area contributed by atoms with Crippen LogP contribution in [0.2, 0.25) is 0 Å². The van der Waals surface area contributed by atoms with Gasteiger partial charge in [-0.15, -0.1) is 0 Å². The van der Waals surface area contributed by atoms with Crippen molar-refractivity contribution in [3.63, 3.8) is 0 Å². The van der Waals surface area contributed by atoms with Crippen molar-refractivity contribution in [1.82, 2.24) is 14.4 Å². The quantitative estimate of drug-likeness (QED) is 0.721. The zero-order valence-electron chi connectivity index (χ0n) is 10.8. The van der Waals surface area contributed by atoms with Gasteiger partial charge < -0.3 is 4.57 Å². The summed E-state index contributed by atoms with van der Waals surface area (Å²) in [5.74, 6) is 0.892. The second kappa shape index (κ2) is 3.15. The minimum absolute atomic E-state index is 0.387. The van der Waals surface area contributed by atoms with Crippen molar-refractivity contribution in [2.75, 3.05) is 26.3 Å². The van der Waals surface area contributed by atoms with Crippen LogP contribution in [0.4, 0.5) is 0 Å². The number of hydrogen-bond donors (Lipinski definition) is 0. The van der Waals surface area contributed by atoms with Gasteiger partial charge in [-0.1, -0.05) is 0 Å². The van der Waals surface area contributed by atoms with Crippen molar-refractivity contribution in [3.05, 3.63) is 24.0 Å². The van der Waals surface area contributed by atoms with Gasteiger partial charge in [0.2, 0.25) is 0 Å². The summed E-state index contributed by atoms with van der Waals surface area (Å²) >= 11 is 0. The van der Waals surface area contributed by atoms with Crippen molar-refractivity contribution in [2.45, 2.75) is 24.8 Å². The van der Waals surface area contributed by atoms with E-state index >= 15 is 0 Å². The molecule has 92 valence electrons. The Kier molecular flexibility index (Phi) is 1.88. The van der Waals surface area contributed by atoms with Gasteiger partial charge >= 0.3 is 0 Å². The molecular weight excluding hydrogens is 210 g/mol. The topological polar surface area (TPSA) is 11.4 Å². The number of aryl methyl sites for hydroxylation is 1. The van der Waals surface area contributed by atoms with Crippen molar-refractivity contribution in [3.8, 4) is 0 Å². The Hall–Kier alpha value is -0.800. The highest BCUT2D eigenvalue weighted by atomic mass is 15.4. The van der Waals surface area contributed by atoms with Crippen molar-refractivity contribution in [2.24, 2.45) is 13.0 Å². The molecule has 0 aliphatic carbocycles. The maximum Gasteiger partial charge on any atom is 0.0509 e. The largest absolute Gasteiger partial charge is 0.354 e. The highest BCUT2D eigenvalue weighted by molar-refractivity contribution is 5.28. The van der Waals surface area contributed by atoms with Gasteiger partial charge in [-0.2, -0.15) is 0 Å². The van der Waals surface area contributed by atoms with E-state index in [0.717, 1.165) is 5.92 Å². The molecule has 0 saturated carbocycles. The third-order valence-electron chi connectivity index (χ3n) is 5.35. The lowest BCUT2D eigenvalue weighted by Crippen LogP contribution is -2.72. The van der Waals surface area contributed by atoms with Gasteiger partial charge in [-0.25, -0.2) is 0 Å². The molecule has 4 bridgehead atoms. The first-order valence-corrected chi connectivity index (χ1v) is 6.77. The summed E-state index contributed by atoms with van der Waals surface area (Å²) in [5, 5.41) is 0. The lowest BCUT2D eigenvalue weighted by Gasteiger charge is -2.63. The van der Waals surface area contributed by atoms with Gasteiger partial charge in [-0.3, -0.25) is 9.80 Å². The molecule has 4 aliphatic heterocycles. The van der Waals surface area contributed by atoms with Gasteiger partial charge in [-0.05, 0) is 31.4 Å². The van der Waals surface area contributed by atoms with Crippen LogP contribution < -0.4 is 0 Å². The van der Waals surface area contributed by atoms with Crippen LogP contribution in [0.3, 0.4) is 0 Å². The number of rotatable bonds is 1. The van der Waals surface area contributed by atoms with Crippen molar-refractivity contribution in [1.29, 1.82) is 0 Å². The summed E-state index contributed by atoms with van der Waals surface area (Å²) < 4.78 is 2.34. The average Bonchev–Trinajstić information content (AvgIpc) is 2.71. The van der Waals surface area contributed by atoms with Crippen LogP contribution in [0.5, 0.6) is 0 Å². The Morgan fingerprint density at radius 2 is 2.24 bits per heavy atom. The molecule has 5 atom stereocenters.